The second kappa shape index (κ2) is 22.5. The summed E-state index contributed by atoms with van der Waals surface area (Å²) in [5, 5.41) is 28.7. The summed E-state index contributed by atoms with van der Waals surface area (Å²) in [4.78, 5) is 0. The molecule has 4 fully saturated rings. The van der Waals surface area contributed by atoms with Crippen molar-refractivity contribution in [3.63, 3.8) is 0 Å². The molecule has 0 unspecified atom stereocenters. The average molecular weight is 500 g/mol. The van der Waals surface area contributed by atoms with E-state index in [1.165, 1.54) is 11.8 Å². The van der Waals surface area contributed by atoms with E-state index >= 15 is 0 Å². The Bertz CT molecular complexity index is 379. The van der Waals surface area contributed by atoms with E-state index in [1.54, 1.807) is 0 Å². The van der Waals surface area contributed by atoms with Crippen LogP contribution in [0, 0.1) is 126 Å². The Morgan fingerprint density at radius 1 is 0.441 bits per heavy atom. The first-order valence-electron chi connectivity index (χ1n) is 11.7. The van der Waals surface area contributed by atoms with Crippen LogP contribution in [-0.4, -0.2) is 39.4 Å². The van der Waals surface area contributed by atoms with Gasteiger partial charge < -0.3 is 20.8 Å². The molecule has 0 spiro atoms. The summed E-state index contributed by atoms with van der Waals surface area (Å²) in [7, 11) is 0. The maximum absolute atomic E-state index is 10.9. The molecule has 4 aliphatic rings. The summed E-state index contributed by atoms with van der Waals surface area (Å²) in [5.74, 6) is 4.21. The zero-order valence-electron chi connectivity index (χ0n) is 19.8. The molecule has 2 N–H and O–H groups in total. The van der Waals surface area contributed by atoms with Gasteiger partial charge in [0.05, 0.1) is 0 Å². The van der Waals surface area contributed by atoms with Gasteiger partial charge in [-0.3, -0.25) is 0 Å². The molecule has 0 aromatic rings. The summed E-state index contributed by atoms with van der Waals surface area (Å²) in [6.07, 6.45) is 34.7. The molecule has 4 saturated carbocycles. The van der Waals surface area contributed by atoms with Crippen LogP contribution in [0.3, 0.4) is 0 Å². The molecule has 0 saturated heterocycles. The van der Waals surface area contributed by atoms with Crippen molar-refractivity contribution in [3.05, 3.63) is 126 Å². The van der Waals surface area contributed by atoms with E-state index in [4.69, 9.17) is 0 Å². The molecule has 34 heavy (non-hydrogen) atoms. The predicted molar refractivity (Wildman–Crippen MR) is 131 cm³/mol. The summed E-state index contributed by atoms with van der Waals surface area (Å²) in [6, 6.07) is 0. The molecule has 0 aromatic carbocycles. The van der Waals surface area contributed by atoms with E-state index in [2.05, 4.69) is 10.6 Å². The second-order valence-electron chi connectivity index (χ2n) is 7.72. The Morgan fingerprint density at radius 3 is 1.09 bits per heavy atom. The van der Waals surface area contributed by atoms with Crippen LogP contribution in [0.25, 0.3) is 0 Å². The van der Waals surface area contributed by atoms with E-state index in [-0.39, 0.29) is 30.3 Å². The summed E-state index contributed by atoms with van der Waals surface area (Å²) in [5.41, 5.74) is 0. The third-order valence-corrected chi connectivity index (χ3v) is 5.29. The van der Waals surface area contributed by atoms with Gasteiger partial charge in [-0.25, -0.2) is 0 Å². The largest absolute Gasteiger partial charge is 2.00 e. The molecule has 4 aliphatic carbocycles. The first-order chi connectivity index (χ1) is 16.3. The van der Waals surface area contributed by atoms with Crippen molar-refractivity contribution >= 4 is 0 Å². The van der Waals surface area contributed by atoms with Crippen LogP contribution in [0.15, 0.2) is 0 Å². The van der Waals surface area contributed by atoms with Gasteiger partial charge in [0, 0.05) is 0 Å². The predicted octanol–water partition coefficient (Wildman–Crippen LogP) is 1.65. The quantitative estimate of drug-likeness (QED) is 0.316. The molecular weight excluding hydrogens is 464 g/mol. The van der Waals surface area contributed by atoms with E-state index in [1.807, 2.05) is 103 Å². The Morgan fingerprint density at radius 2 is 0.765 bits per heavy atom. The summed E-state index contributed by atoms with van der Waals surface area (Å²) >= 11 is 0. The van der Waals surface area contributed by atoms with Gasteiger partial charge in [-0.1, -0.05) is 0 Å². The normalized spacial score (nSPS) is 21.7. The van der Waals surface area contributed by atoms with Crippen molar-refractivity contribution in [1.29, 1.82) is 0 Å². The minimum Gasteiger partial charge on any atom is -0.854 e. The maximum Gasteiger partial charge on any atom is 2.00 e. The first-order valence-corrected chi connectivity index (χ1v) is 11.7. The van der Waals surface area contributed by atoms with Crippen LogP contribution >= 0.6 is 0 Å². The summed E-state index contributed by atoms with van der Waals surface area (Å²) < 4.78 is 0. The van der Waals surface area contributed by atoms with Crippen molar-refractivity contribution in [1.82, 2.24) is 10.6 Å². The van der Waals surface area contributed by atoms with Gasteiger partial charge in [0.25, 0.3) is 0 Å². The molecule has 0 aliphatic heterocycles. The Labute approximate surface area is 222 Å². The molecule has 182 valence electrons. The Kier molecular flexibility index (Phi) is 21.5. The fourth-order valence-electron chi connectivity index (χ4n) is 3.43. The minimum atomic E-state index is -0.121. The number of hydrogen-bond donors (Lipinski definition) is 2. The van der Waals surface area contributed by atoms with Crippen molar-refractivity contribution in [2.75, 3.05) is 39.4 Å². The third-order valence-electron chi connectivity index (χ3n) is 5.29. The van der Waals surface area contributed by atoms with E-state index in [0.29, 0.717) is 0 Å². The zero-order valence-corrected chi connectivity index (χ0v) is 20.9. The topological polar surface area (TPSA) is 70.2 Å². The number of hydrogen-bond acceptors (Lipinski definition) is 4. The minimum absolute atomic E-state index is 0. The maximum atomic E-state index is 10.9. The van der Waals surface area contributed by atoms with Gasteiger partial charge in [-0.15, -0.1) is 13.2 Å². The Balaban J connectivity index is 0.000000430. The molecule has 0 heterocycles. The van der Waals surface area contributed by atoms with Crippen LogP contribution in [-0.2, 0) is 17.1 Å². The summed E-state index contributed by atoms with van der Waals surface area (Å²) in [6.45, 7) is 3.54. The van der Waals surface area contributed by atoms with Crippen LogP contribution in [0.4, 0.5) is 0 Å². The fraction of sp³-hybridized carbons (Fsp3) is 0.310. The van der Waals surface area contributed by atoms with E-state index in [9.17, 15) is 10.2 Å². The molecular formula is C29H36FeN2O2. The smallest absolute Gasteiger partial charge is 0.854 e. The molecule has 4 nitrogen and oxygen atoms in total. The molecule has 20 radical (unpaired) electrons. The van der Waals surface area contributed by atoms with Gasteiger partial charge in [0.1, 0.15) is 0 Å². The molecule has 5 heteroatoms. The monoisotopic (exact) mass is 500 g/mol. The number of rotatable bonds is 12. The fourth-order valence-corrected chi connectivity index (χ4v) is 3.43. The van der Waals surface area contributed by atoms with Gasteiger partial charge in [0.2, 0.25) is 0 Å². The standard InChI is InChI=1S/C19H26N2O2.2C5H5.Fe/c22-14-18-6-1-4-16(18)8-12-20-10-3-11-21-13-9-17-5-2-7-19(17)15-23;2*1-2-4-5-3-1;/h1-2,4-7,20-21H,3,8-15H2;2*1-5H;/q-2;;;+2. The van der Waals surface area contributed by atoms with Crippen LogP contribution in [0.5, 0.6) is 0 Å². The SMILES string of the molecule is [CH]1[CH][CH][CH][CH]1.[CH]1[CH][CH][CH][CH]1.[Fe+2].[O-]C[C]1[CH][CH][CH][C]1CCNCCCNCC[C]1[CH][CH][CH][C]1C[O-]. The van der Waals surface area contributed by atoms with Crippen molar-refractivity contribution in [2.45, 2.75) is 19.3 Å². The molecule has 0 atom stereocenters. The Hall–Kier alpha value is 0.359. The van der Waals surface area contributed by atoms with Gasteiger partial charge in [0.15, 0.2) is 0 Å². The second-order valence-corrected chi connectivity index (χ2v) is 7.72. The third kappa shape index (κ3) is 14.8. The number of nitrogens with one attached hydrogen (secondary N) is 2. The first kappa shape index (κ1) is 32.4. The van der Waals surface area contributed by atoms with Gasteiger partial charge in [-0.2, -0.15) is 0 Å². The van der Waals surface area contributed by atoms with Crippen LogP contribution in [0.1, 0.15) is 19.3 Å². The molecule has 0 amide bonds. The van der Waals surface area contributed by atoms with Crippen molar-refractivity contribution < 1.29 is 27.3 Å². The van der Waals surface area contributed by atoms with E-state index in [0.717, 1.165) is 57.3 Å². The molecule has 0 bridgehead atoms. The van der Waals surface area contributed by atoms with Crippen molar-refractivity contribution in [3.8, 4) is 0 Å². The van der Waals surface area contributed by atoms with Crippen LogP contribution < -0.4 is 20.8 Å². The average Bonchev–Trinajstić information content (AvgIpc) is 3.68. The van der Waals surface area contributed by atoms with E-state index < -0.39 is 0 Å². The molecule has 0 aromatic heterocycles. The molecule has 4 rings (SSSR count). The van der Waals surface area contributed by atoms with Crippen LogP contribution in [0.2, 0.25) is 0 Å². The van der Waals surface area contributed by atoms with Crippen molar-refractivity contribution in [2.24, 2.45) is 0 Å². The van der Waals surface area contributed by atoms with Gasteiger partial charge >= 0.3 is 17.1 Å². The van der Waals surface area contributed by atoms with Gasteiger partial charge in [-0.05, 0) is 172 Å². The zero-order chi connectivity index (χ0) is 23.4.